The van der Waals surface area contributed by atoms with Crippen LogP contribution in [-0.4, -0.2) is 22.5 Å². The summed E-state index contributed by atoms with van der Waals surface area (Å²) >= 11 is 0. The Morgan fingerprint density at radius 2 is 1.71 bits per heavy atom. The Morgan fingerprint density at radius 3 is 2.19 bits per heavy atom. The predicted octanol–water partition coefficient (Wildman–Crippen LogP) is 3.70. The molecule has 0 fully saturated rings. The van der Waals surface area contributed by atoms with Crippen molar-refractivity contribution in [2.75, 3.05) is 0 Å². The average Bonchev–Trinajstić information content (AvgIpc) is 2.25. The van der Waals surface area contributed by atoms with E-state index in [4.69, 9.17) is 9.84 Å². The molecule has 1 atom stereocenters. The van der Waals surface area contributed by atoms with Gasteiger partial charge >= 0.3 is 5.97 Å². The van der Waals surface area contributed by atoms with Crippen LogP contribution in [0.25, 0.3) is 0 Å². The van der Waals surface area contributed by atoms with E-state index in [9.17, 15) is 9.59 Å². The van der Waals surface area contributed by atoms with E-state index in [0.29, 0.717) is 11.9 Å². The van der Waals surface area contributed by atoms with Crippen molar-refractivity contribution < 1.29 is 19.4 Å². The molecule has 118 valence electrons. The van der Waals surface area contributed by atoms with Crippen molar-refractivity contribution in [3.8, 4) is 0 Å². The third-order valence-corrected chi connectivity index (χ3v) is 3.25. The molecule has 0 aliphatic carbocycles. The average molecular weight is 312 g/mol. The van der Waals surface area contributed by atoms with Crippen LogP contribution in [0.2, 0.25) is 0 Å². The van der Waals surface area contributed by atoms with Crippen molar-refractivity contribution >= 4 is 21.0 Å². The minimum absolute atomic E-state index is 0.132. The van der Waals surface area contributed by atoms with Crippen molar-refractivity contribution in [2.45, 2.75) is 46.6 Å². The quantitative estimate of drug-likeness (QED) is 0.321. The zero-order chi connectivity index (χ0) is 16.7. The summed E-state index contributed by atoms with van der Waals surface area (Å²) in [4.78, 5) is 21.9. The molecular formula is C16H25O4P. The lowest BCUT2D eigenvalue weighted by molar-refractivity contribution is -0.131. The van der Waals surface area contributed by atoms with E-state index in [1.807, 2.05) is 27.7 Å². The largest absolute Gasteiger partial charge is 0.488 e. The number of carboxylic acid groups (broad SMARTS) is 1. The maximum Gasteiger partial charge on any atom is 0.328 e. The Labute approximate surface area is 129 Å². The molecule has 21 heavy (non-hydrogen) atoms. The van der Waals surface area contributed by atoms with Crippen LogP contribution < -0.4 is 0 Å². The Morgan fingerprint density at radius 1 is 1.14 bits per heavy atom. The number of hydrogen-bond donors (Lipinski definition) is 1. The summed E-state index contributed by atoms with van der Waals surface area (Å²) in [7, 11) is 2.48. The Hall–Kier alpha value is -1.41. The first-order valence-electron chi connectivity index (χ1n) is 6.70. The van der Waals surface area contributed by atoms with E-state index < -0.39 is 17.0 Å². The van der Waals surface area contributed by atoms with Crippen LogP contribution in [0.15, 0.2) is 35.9 Å². The van der Waals surface area contributed by atoms with Gasteiger partial charge in [0, 0.05) is 11.5 Å². The maximum absolute atomic E-state index is 11.6. The van der Waals surface area contributed by atoms with Gasteiger partial charge in [-0.05, 0) is 33.3 Å². The number of carboxylic acids is 1. The highest BCUT2D eigenvalue weighted by molar-refractivity contribution is 7.22. The van der Waals surface area contributed by atoms with E-state index in [1.54, 1.807) is 25.2 Å². The van der Waals surface area contributed by atoms with Gasteiger partial charge in [-0.3, -0.25) is 4.79 Å². The summed E-state index contributed by atoms with van der Waals surface area (Å²) in [6.07, 6.45) is 8.10. The molecule has 0 amide bonds. The number of rotatable bonds is 8. The monoisotopic (exact) mass is 312 g/mol. The van der Waals surface area contributed by atoms with Crippen LogP contribution in [-0.2, 0) is 14.3 Å². The number of aliphatic carboxylic acids is 1. The van der Waals surface area contributed by atoms with Gasteiger partial charge in [0.15, 0.2) is 0 Å². The minimum Gasteiger partial charge on any atom is -0.488 e. The van der Waals surface area contributed by atoms with Crippen molar-refractivity contribution in [1.82, 2.24) is 0 Å². The number of ketones is 1. The van der Waals surface area contributed by atoms with E-state index in [2.05, 4.69) is 9.24 Å². The molecule has 0 bridgehead atoms. The summed E-state index contributed by atoms with van der Waals surface area (Å²) in [6, 6.07) is 0. The topological polar surface area (TPSA) is 63.6 Å². The fraction of sp³-hybridized carbons (Fsp3) is 0.500. The molecule has 4 nitrogen and oxygen atoms in total. The van der Waals surface area contributed by atoms with Gasteiger partial charge in [0.25, 0.3) is 0 Å². The molecule has 0 aromatic carbocycles. The SMILES string of the molecule is CC(=O)C(C)(C)CC(C)(C)O/C(P)=C/C=C\C=C\C(=O)O. The van der Waals surface area contributed by atoms with Gasteiger partial charge in [-0.1, -0.05) is 41.3 Å². The molecule has 0 rings (SSSR count). The van der Waals surface area contributed by atoms with Gasteiger partial charge in [0.1, 0.15) is 16.9 Å². The lowest BCUT2D eigenvalue weighted by Gasteiger charge is -2.34. The van der Waals surface area contributed by atoms with Crippen LogP contribution in [0.1, 0.15) is 41.0 Å². The lowest BCUT2D eigenvalue weighted by Crippen LogP contribution is -2.34. The summed E-state index contributed by atoms with van der Waals surface area (Å²) in [5.41, 5.74) is -0.290. The molecule has 0 saturated heterocycles. The molecule has 0 heterocycles. The van der Waals surface area contributed by atoms with Crippen molar-refractivity contribution in [3.05, 3.63) is 35.9 Å². The molecule has 5 heteroatoms. The molecule has 0 spiro atoms. The first kappa shape index (κ1) is 19.6. The van der Waals surface area contributed by atoms with Crippen LogP contribution in [0.4, 0.5) is 0 Å². The highest BCUT2D eigenvalue weighted by atomic mass is 31.0. The van der Waals surface area contributed by atoms with Crippen LogP contribution in [0.5, 0.6) is 0 Å². The summed E-state index contributed by atoms with van der Waals surface area (Å²) in [5.74, 6) is -0.856. The lowest BCUT2D eigenvalue weighted by atomic mass is 9.79. The number of carbonyl (C=O) groups is 2. The standard InChI is InChI=1S/C16H25O4P/c1-12(17)15(2,3)11-16(4,5)20-14(21)10-8-6-7-9-13(18)19/h6-10H,11,21H2,1-5H3,(H,18,19)/b8-6-,9-7+,14-10-. The Balaban J connectivity index is 4.64. The highest BCUT2D eigenvalue weighted by Crippen LogP contribution is 2.33. The van der Waals surface area contributed by atoms with Crippen LogP contribution in [0.3, 0.4) is 0 Å². The first-order valence-corrected chi connectivity index (χ1v) is 7.27. The van der Waals surface area contributed by atoms with E-state index in [0.717, 1.165) is 6.08 Å². The minimum atomic E-state index is -0.987. The molecule has 0 aliphatic rings. The van der Waals surface area contributed by atoms with Crippen molar-refractivity contribution in [2.24, 2.45) is 5.41 Å². The molecule has 0 radical (unpaired) electrons. The summed E-state index contributed by atoms with van der Waals surface area (Å²) < 4.78 is 5.83. The van der Waals surface area contributed by atoms with Crippen molar-refractivity contribution in [1.29, 1.82) is 0 Å². The van der Waals surface area contributed by atoms with Crippen LogP contribution in [0, 0.1) is 5.41 Å². The zero-order valence-corrected chi connectivity index (χ0v) is 14.5. The van der Waals surface area contributed by atoms with Gasteiger partial charge in [-0.2, -0.15) is 0 Å². The summed E-state index contributed by atoms with van der Waals surface area (Å²) in [5, 5.41) is 8.44. The predicted molar refractivity (Wildman–Crippen MR) is 88.0 cm³/mol. The second kappa shape index (κ2) is 8.14. The second-order valence-corrected chi connectivity index (χ2v) is 6.70. The highest BCUT2D eigenvalue weighted by Gasteiger charge is 2.33. The second-order valence-electron chi connectivity index (χ2n) is 6.13. The molecule has 1 unspecified atom stereocenters. The van der Waals surface area contributed by atoms with Crippen LogP contribution >= 0.6 is 9.24 Å². The summed E-state index contributed by atoms with van der Waals surface area (Å²) in [6.45, 7) is 9.27. The number of allylic oxidation sites excluding steroid dienone is 4. The maximum atomic E-state index is 11.6. The number of hydrogen-bond acceptors (Lipinski definition) is 3. The number of carbonyl (C=O) groups excluding carboxylic acids is 1. The van der Waals surface area contributed by atoms with Gasteiger partial charge in [0.05, 0.1) is 0 Å². The van der Waals surface area contributed by atoms with E-state index >= 15 is 0 Å². The molecule has 0 aromatic rings. The molecular weight excluding hydrogens is 287 g/mol. The van der Waals surface area contributed by atoms with Gasteiger partial charge in [-0.15, -0.1) is 0 Å². The molecule has 0 saturated carbocycles. The zero-order valence-electron chi connectivity index (χ0n) is 13.3. The van der Waals surface area contributed by atoms with Gasteiger partial charge in [0.2, 0.25) is 0 Å². The van der Waals surface area contributed by atoms with Gasteiger partial charge in [-0.25, -0.2) is 4.79 Å². The molecule has 0 aliphatic heterocycles. The Bertz CT molecular complexity index is 471. The molecule has 0 aromatic heterocycles. The third-order valence-electron chi connectivity index (χ3n) is 2.94. The Kier molecular flexibility index (Phi) is 7.59. The van der Waals surface area contributed by atoms with Crippen molar-refractivity contribution in [3.63, 3.8) is 0 Å². The third kappa shape index (κ3) is 9.19. The van der Waals surface area contributed by atoms with E-state index in [1.165, 1.54) is 6.08 Å². The number of ether oxygens (including phenoxy) is 1. The van der Waals surface area contributed by atoms with Gasteiger partial charge < -0.3 is 9.84 Å². The fourth-order valence-electron chi connectivity index (χ4n) is 1.93. The molecule has 1 N–H and O–H groups in total. The van der Waals surface area contributed by atoms with E-state index in [-0.39, 0.29) is 5.78 Å². The smallest absolute Gasteiger partial charge is 0.328 e. The first-order chi connectivity index (χ1) is 9.46. The normalized spacial score (nSPS) is 13.9. The number of Topliss-reactive ketones (excluding diaryl/α,β-unsaturated/α-hetero) is 1. The fourth-order valence-corrected chi connectivity index (χ4v) is 2.36.